The Hall–Kier alpha value is -2.48. The smallest absolute Gasteiger partial charge is 0.313 e. The van der Waals surface area contributed by atoms with Crippen molar-refractivity contribution in [2.24, 2.45) is 11.5 Å². The van der Waals surface area contributed by atoms with Gasteiger partial charge in [-0.1, -0.05) is 18.3 Å². The average molecular weight is 280 g/mol. The molecule has 0 radical (unpaired) electrons. The van der Waals surface area contributed by atoms with E-state index in [1.165, 1.54) is 24.3 Å². The van der Waals surface area contributed by atoms with E-state index in [4.69, 9.17) is 11.5 Å². The van der Waals surface area contributed by atoms with Gasteiger partial charge in [-0.15, -0.1) is 0 Å². The number of anilines is 1. The van der Waals surface area contributed by atoms with Crippen molar-refractivity contribution in [2.75, 3.05) is 11.9 Å². The topological polar surface area (TPSA) is 127 Å². The fourth-order valence-electron chi connectivity index (χ4n) is 1.19. The number of hydrogen-bond donors (Lipinski definition) is 4. The third-order valence-electron chi connectivity index (χ3n) is 2.03. The van der Waals surface area contributed by atoms with Gasteiger partial charge in [-0.05, 0) is 18.2 Å². The predicted molar refractivity (Wildman–Crippen MR) is 73.4 cm³/mol. The van der Waals surface area contributed by atoms with Crippen LogP contribution in [0.25, 0.3) is 0 Å². The molecule has 0 spiro atoms. The maximum atomic E-state index is 11.5. The molecule has 7 nitrogen and oxygen atoms in total. The molecule has 0 aromatic heterocycles. The van der Waals surface area contributed by atoms with Gasteiger partial charge in [0.05, 0.1) is 11.5 Å². The van der Waals surface area contributed by atoms with Crippen LogP contribution in [0.2, 0.25) is 0 Å². The van der Waals surface area contributed by atoms with Gasteiger partial charge < -0.3 is 22.1 Å². The summed E-state index contributed by atoms with van der Waals surface area (Å²) in [5, 5.41) is 4.55. The molecule has 0 aliphatic rings. The van der Waals surface area contributed by atoms with Crippen LogP contribution >= 0.6 is 12.2 Å². The first-order valence-electron chi connectivity index (χ1n) is 5.17. The molecule has 8 heteroatoms. The van der Waals surface area contributed by atoms with Crippen molar-refractivity contribution in [2.45, 2.75) is 0 Å². The molecule has 3 amide bonds. The number of amides is 3. The Balaban J connectivity index is 2.66. The van der Waals surface area contributed by atoms with Crippen LogP contribution in [0, 0.1) is 0 Å². The summed E-state index contributed by atoms with van der Waals surface area (Å²) in [6.07, 6.45) is 0. The Morgan fingerprint density at radius 2 is 1.84 bits per heavy atom. The standard InChI is InChI=1S/C11H12N4O3S/c12-8(19)5-14-10(17)11(18)15-7-3-1-2-6(4-7)9(13)16/h1-4H,5H2,(H2,12,19)(H2,13,16)(H,14,17)(H,15,18). The first-order chi connectivity index (χ1) is 8.90. The minimum atomic E-state index is -0.891. The summed E-state index contributed by atoms with van der Waals surface area (Å²) in [6, 6.07) is 5.90. The van der Waals surface area contributed by atoms with Gasteiger partial charge >= 0.3 is 11.8 Å². The van der Waals surface area contributed by atoms with E-state index in [1.54, 1.807) is 0 Å². The lowest BCUT2D eigenvalue weighted by molar-refractivity contribution is -0.135. The van der Waals surface area contributed by atoms with Crippen LogP contribution in [-0.2, 0) is 9.59 Å². The number of hydrogen-bond acceptors (Lipinski definition) is 4. The van der Waals surface area contributed by atoms with Crippen molar-refractivity contribution in [3.05, 3.63) is 29.8 Å². The lowest BCUT2D eigenvalue weighted by Crippen LogP contribution is -2.39. The number of nitrogens with one attached hydrogen (secondary N) is 2. The highest BCUT2D eigenvalue weighted by atomic mass is 32.1. The van der Waals surface area contributed by atoms with E-state index < -0.39 is 17.7 Å². The molecule has 0 saturated carbocycles. The number of nitrogens with two attached hydrogens (primary N) is 2. The summed E-state index contributed by atoms with van der Waals surface area (Å²) in [4.78, 5) is 33.8. The lowest BCUT2D eigenvalue weighted by Gasteiger charge is -2.06. The predicted octanol–water partition coefficient (Wildman–Crippen LogP) is -0.874. The number of benzene rings is 1. The largest absolute Gasteiger partial charge is 0.392 e. The van der Waals surface area contributed by atoms with E-state index in [0.29, 0.717) is 0 Å². The van der Waals surface area contributed by atoms with E-state index in [2.05, 4.69) is 22.9 Å². The van der Waals surface area contributed by atoms with Crippen molar-refractivity contribution >= 4 is 40.6 Å². The molecule has 0 saturated heterocycles. The molecule has 0 aliphatic carbocycles. The van der Waals surface area contributed by atoms with Crippen LogP contribution in [0.4, 0.5) is 5.69 Å². The molecule has 0 unspecified atom stereocenters. The van der Waals surface area contributed by atoms with Gasteiger partial charge in [0.15, 0.2) is 0 Å². The highest BCUT2D eigenvalue weighted by Gasteiger charge is 2.13. The van der Waals surface area contributed by atoms with Gasteiger partial charge in [-0.2, -0.15) is 0 Å². The third kappa shape index (κ3) is 4.72. The zero-order valence-electron chi connectivity index (χ0n) is 9.80. The van der Waals surface area contributed by atoms with Crippen LogP contribution in [-0.4, -0.2) is 29.3 Å². The Morgan fingerprint density at radius 1 is 1.16 bits per heavy atom. The Bertz CT molecular complexity index is 544. The second kappa shape index (κ2) is 6.45. The maximum Gasteiger partial charge on any atom is 0.313 e. The summed E-state index contributed by atoms with van der Waals surface area (Å²) in [6.45, 7) is -0.0666. The quantitative estimate of drug-likeness (QED) is 0.421. The molecule has 0 atom stereocenters. The molecule has 1 aromatic rings. The summed E-state index contributed by atoms with van der Waals surface area (Å²) in [7, 11) is 0. The van der Waals surface area contributed by atoms with Crippen molar-refractivity contribution in [1.29, 1.82) is 0 Å². The van der Waals surface area contributed by atoms with Crippen LogP contribution in [0.3, 0.4) is 0 Å². The lowest BCUT2D eigenvalue weighted by atomic mass is 10.2. The first-order valence-corrected chi connectivity index (χ1v) is 5.58. The minimum Gasteiger partial charge on any atom is -0.392 e. The molecule has 100 valence electrons. The average Bonchev–Trinajstić information content (AvgIpc) is 2.36. The van der Waals surface area contributed by atoms with Gasteiger partial charge in [0.1, 0.15) is 0 Å². The molecule has 0 fully saturated rings. The number of carbonyl (C=O) groups excluding carboxylic acids is 3. The van der Waals surface area contributed by atoms with Crippen molar-refractivity contribution in [3.63, 3.8) is 0 Å². The van der Waals surface area contributed by atoms with Gasteiger partial charge in [0, 0.05) is 11.3 Å². The van der Waals surface area contributed by atoms with Gasteiger partial charge in [0.25, 0.3) is 0 Å². The molecule has 0 aliphatic heterocycles. The van der Waals surface area contributed by atoms with E-state index in [0.717, 1.165) is 0 Å². The molecule has 1 aromatic carbocycles. The highest BCUT2D eigenvalue weighted by molar-refractivity contribution is 7.80. The Labute approximate surface area is 114 Å². The van der Waals surface area contributed by atoms with Gasteiger partial charge in [-0.3, -0.25) is 14.4 Å². The number of rotatable bonds is 4. The van der Waals surface area contributed by atoms with E-state index >= 15 is 0 Å². The monoisotopic (exact) mass is 280 g/mol. The van der Waals surface area contributed by atoms with E-state index in [1.807, 2.05) is 0 Å². The fraction of sp³-hybridized carbons (Fsp3) is 0.0909. The van der Waals surface area contributed by atoms with Crippen molar-refractivity contribution in [3.8, 4) is 0 Å². The summed E-state index contributed by atoms with van der Waals surface area (Å²) in [5.41, 5.74) is 10.8. The number of primary amides is 1. The maximum absolute atomic E-state index is 11.5. The van der Waals surface area contributed by atoms with Crippen LogP contribution < -0.4 is 22.1 Å². The van der Waals surface area contributed by atoms with Crippen LogP contribution in [0.1, 0.15) is 10.4 Å². The molecule has 1 rings (SSSR count). The summed E-state index contributed by atoms with van der Waals surface area (Å²) in [5.74, 6) is -2.40. The van der Waals surface area contributed by atoms with Gasteiger partial charge in [0.2, 0.25) is 5.91 Å². The van der Waals surface area contributed by atoms with Crippen LogP contribution in [0.15, 0.2) is 24.3 Å². The Morgan fingerprint density at radius 3 is 2.42 bits per heavy atom. The fourth-order valence-corrected chi connectivity index (χ4v) is 1.26. The zero-order chi connectivity index (χ0) is 14.4. The molecular formula is C11H12N4O3S. The molecule has 0 heterocycles. The molecule has 19 heavy (non-hydrogen) atoms. The second-order valence-electron chi connectivity index (χ2n) is 3.55. The molecule has 6 N–H and O–H groups in total. The highest BCUT2D eigenvalue weighted by Crippen LogP contribution is 2.09. The van der Waals surface area contributed by atoms with Crippen molar-refractivity contribution in [1.82, 2.24) is 5.32 Å². The summed E-state index contributed by atoms with van der Waals surface area (Å²) >= 11 is 4.56. The normalized spacial score (nSPS) is 9.47. The van der Waals surface area contributed by atoms with E-state index in [9.17, 15) is 14.4 Å². The second-order valence-corrected chi connectivity index (χ2v) is 4.07. The SMILES string of the molecule is NC(=O)c1cccc(NC(=O)C(=O)NCC(N)=S)c1. The third-order valence-corrected chi connectivity index (χ3v) is 2.18. The van der Waals surface area contributed by atoms with Crippen LogP contribution in [0.5, 0.6) is 0 Å². The number of carbonyl (C=O) groups is 3. The van der Waals surface area contributed by atoms with Gasteiger partial charge in [-0.25, -0.2) is 0 Å². The number of thiocarbonyl (C=S) groups is 1. The zero-order valence-corrected chi connectivity index (χ0v) is 10.6. The Kier molecular flexibility index (Phi) is 4.95. The summed E-state index contributed by atoms with van der Waals surface area (Å²) < 4.78 is 0. The van der Waals surface area contributed by atoms with E-state index in [-0.39, 0.29) is 22.8 Å². The first kappa shape index (κ1) is 14.6. The molecular weight excluding hydrogens is 268 g/mol. The minimum absolute atomic E-state index is 0.0666. The van der Waals surface area contributed by atoms with Crippen molar-refractivity contribution < 1.29 is 14.4 Å². The molecule has 0 bridgehead atoms.